The number of rotatable bonds is 6. The van der Waals surface area contributed by atoms with E-state index in [1.54, 1.807) is 38.1 Å². The minimum Gasteiger partial charge on any atom is -0.387 e. The average Bonchev–Trinajstić information content (AvgIpc) is 2.25. The second-order valence-electron chi connectivity index (χ2n) is 5.32. The molecule has 0 amide bonds. The zero-order chi connectivity index (χ0) is 14.7. The Kier molecular flexibility index (Phi) is 5.09. The molecule has 0 aromatic heterocycles. The molecular weight excluding hydrogens is 264 g/mol. The molecule has 1 atom stereocenters. The molecule has 0 saturated heterocycles. The summed E-state index contributed by atoms with van der Waals surface area (Å²) in [5.74, 6) is 0. The van der Waals surface area contributed by atoms with E-state index >= 15 is 0 Å². The van der Waals surface area contributed by atoms with Crippen LogP contribution in [0.4, 0.5) is 0 Å². The number of sulfonamides is 1. The summed E-state index contributed by atoms with van der Waals surface area (Å²) < 4.78 is 26.8. The highest BCUT2D eigenvalue weighted by atomic mass is 32.2. The van der Waals surface area contributed by atoms with Crippen LogP contribution in [0.25, 0.3) is 0 Å². The highest BCUT2D eigenvalue weighted by Crippen LogP contribution is 2.14. The van der Waals surface area contributed by atoms with Crippen LogP contribution >= 0.6 is 0 Å². The maximum Gasteiger partial charge on any atom is 0.240 e. The molecular formula is C13H22N2O3S. The second kappa shape index (κ2) is 6.00. The van der Waals surface area contributed by atoms with Crippen molar-refractivity contribution in [2.75, 3.05) is 27.2 Å². The van der Waals surface area contributed by atoms with Gasteiger partial charge in [-0.1, -0.05) is 18.2 Å². The molecule has 0 aliphatic carbocycles. The van der Waals surface area contributed by atoms with Gasteiger partial charge in [-0.05, 0) is 39.6 Å². The molecule has 0 heterocycles. The van der Waals surface area contributed by atoms with Gasteiger partial charge in [0.2, 0.25) is 10.0 Å². The van der Waals surface area contributed by atoms with Crippen LogP contribution in [-0.2, 0) is 10.0 Å². The molecule has 0 aliphatic heterocycles. The van der Waals surface area contributed by atoms with Crippen molar-refractivity contribution in [2.24, 2.45) is 0 Å². The molecule has 1 aromatic carbocycles. The molecule has 19 heavy (non-hydrogen) atoms. The van der Waals surface area contributed by atoms with Crippen LogP contribution in [0.15, 0.2) is 29.2 Å². The van der Waals surface area contributed by atoms with Crippen molar-refractivity contribution in [3.05, 3.63) is 29.8 Å². The summed E-state index contributed by atoms with van der Waals surface area (Å²) in [5, 5.41) is 10.1. The monoisotopic (exact) mass is 286 g/mol. The SMILES string of the molecule is Cc1ccccc1S(=O)(=O)NCC(C)(O)CN(C)C. The Morgan fingerprint density at radius 2 is 1.89 bits per heavy atom. The third kappa shape index (κ3) is 4.91. The van der Waals surface area contributed by atoms with Gasteiger partial charge in [0.1, 0.15) is 0 Å². The normalized spacial score (nSPS) is 15.5. The van der Waals surface area contributed by atoms with Gasteiger partial charge in [0.25, 0.3) is 0 Å². The Morgan fingerprint density at radius 3 is 2.42 bits per heavy atom. The van der Waals surface area contributed by atoms with Gasteiger partial charge >= 0.3 is 0 Å². The van der Waals surface area contributed by atoms with Gasteiger partial charge in [-0.25, -0.2) is 13.1 Å². The maximum absolute atomic E-state index is 12.1. The topological polar surface area (TPSA) is 69.6 Å². The molecule has 1 rings (SSSR count). The van der Waals surface area contributed by atoms with E-state index in [1.807, 2.05) is 19.0 Å². The number of aliphatic hydroxyl groups is 1. The van der Waals surface area contributed by atoms with Crippen molar-refractivity contribution < 1.29 is 13.5 Å². The Morgan fingerprint density at radius 1 is 1.32 bits per heavy atom. The lowest BCUT2D eigenvalue weighted by molar-refractivity contribution is 0.0386. The first-order chi connectivity index (χ1) is 8.64. The zero-order valence-corrected chi connectivity index (χ0v) is 12.7. The van der Waals surface area contributed by atoms with Crippen LogP contribution in [0.2, 0.25) is 0 Å². The first kappa shape index (κ1) is 16.1. The quantitative estimate of drug-likeness (QED) is 0.803. The lowest BCUT2D eigenvalue weighted by atomic mass is 10.1. The summed E-state index contributed by atoms with van der Waals surface area (Å²) in [4.78, 5) is 2.05. The van der Waals surface area contributed by atoms with Gasteiger partial charge in [-0.3, -0.25) is 0 Å². The molecule has 0 spiro atoms. The van der Waals surface area contributed by atoms with E-state index in [0.717, 1.165) is 0 Å². The minimum absolute atomic E-state index is 0.0259. The Labute approximate surface area is 115 Å². The van der Waals surface area contributed by atoms with Crippen molar-refractivity contribution >= 4 is 10.0 Å². The highest BCUT2D eigenvalue weighted by Gasteiger charge is 2.25. The second-order valence-corrected chi connectivity index (χ2v) is 7.06. The first-order valence-corrected chi connectivity index (χ1v) is 7.55. The molecule has 0 aliphatic rings. The largest absolute Gasteiger partial charge is 0.387 e. The molecule has 2 N–H and O–H groups in total. The Hall–Kier alpha value is -0.950. The lowest BCUT2D eigenvalue weighted by Gasteiger charge is -2.27. The molecule has 0 fully saturated rings. The van der Waals surface area contributed by atoms with E-state index in [4.69, 9.17) is 0 Å². The molecule has 0 radical (unpaired) electrons. The van der Waals surface area contributed by atoms with E-state index in [1.165, 1.54) is 0 Å². The maximum atomic E-state index is 12.1. The van der Waals surface area contributed by atoms with E-state index < -0.39 is 15.6 Å². The van der Waals surface area contributed by atoms with Crippen molar-refractivity contribution in [2.45, 2.75) is 24.3 Å². The minimum atomic E-state index is -3.59. The van der Waals surface area contributed by atoms with Gasteiger partial charge in [0.05, 0.1) is 10.5 Å². The smallest absolute Gasteiger partial charge is 0.240 e. The predicted molar refractivity (Wildman–Crippen MR) is 75.5 cm³/mol. The van der Waals surface area contributed by atoms with E-state index in [0.29, 0.717) is 12.1 Å². The van der Waals surface area contributed by atoms with Crippen LogP contribution in [0.1, 0.15) is 12.5 Å². The Balaban J connectivity index is 2.80. The fourth-order valence-corrected chi connectivity index (χ4v) is 3.33. The lowest BCUT2D eigenvalue weighted by Crippen LogP contribution is -2.47. The summed E-state index contributed by atoms with van der Waals surface area (Å²) in [6.45, 7) is 3.70. The van der Waals surface area contributed by atoms with Crippen molar-refractivity contribution in [1.29, 1.82) is 0 Å². The van der Waals surface area contributed by atoms with Crippen molar-refractivity contribution in [3.8, 4) is 0 Å². The van der Waals surface area contributed by atoms with Crippen LogP contribution in [-0.4, -0.2) is 51.2 Å². The molecule has 0 bridgehead atoms. The average molecular weight is 286 g/mol. The standard InChI is InChI=1S/C13H22N2O3S/c1-11-7-5-6-8-12(11)19(17,18)14-9-13(2,16)10-15(3)4/h5-8,14,16H,9-10H2,1-4H3. The molecule has 6 heteroatoms. The van der Waals surface area contributed by atoms with Crippen LogP contribution in [0.3, 0.4) is 0 Å². The predicted octanol–water partition coefficient (Wildman–Crippen LogP) is 0.586. The summed E-state index contributed by atoms with van der Waals surface area (Å²) in [6.07, 6.45) is 0. The van der Waals surface area contributed by atoms with E-state index in [-0.39, 0.29) is 11.4 Å². The van der Waals surface area contributed by atoms with Crippen molar-refractivity contribution in [3.63, 3.8) is 0 Å². The van der Waals surface area contributed by atoms with Gasteiger partial charge in [-0.2, -0.15) is 0 Å². The summed E-state index contributed by atoms with van der Waals surface area (Å²) in [5.41, 5.74) is -0.429. The molecule has 1 aromatic rings. The van der Waals surface area contributed by atoms with Crippen LogP contribution in [0, 0.1) is 6.92 Å². The number of hydrogen-bond acceptors (Lipinski definition) is 4. The van der Waals surface area contributed by atoms with Gasteiger partial charge in [-0.15, -0.1) is 0 Å². The number of nitrogens with zero attached hydrogens (tertiary/aromatic N) is 1. The number of aryl methyl sites for hydroxylation is 1. The summed E-state index contributed by atoms with van der Waals surface area (Å²) in [7, 11) is 0.0590. The summed E-state index contributed by atoms with van der Waals surface area (Å²) in [6, 6.07) is 6.76. The van der Waals surface area contributed by atoms with Gasteiger partial charge in [0.15, 0.2) is 0 Å². The highest BCUT2D eigenvalue weighted by molar-refractivity contribution is 7.89. The molecule has 5 nitrogen and oxygen atoms in total. The fourth-order valence-electron chi connectivity index (χ4n) is 1.92. The zero-order valence-electron chi connectivity index (χ0n) is 11.8. The first-order valence-electron chi connectivity index (χ1n) is 6.06. The van der Waals surface area contributed by atoms with Crippen LogP contribution in [0.5, 0.6) is 0 Å². The summed E-state index contributed by atoms with van der Waals surface area (Å²) >= 11 is 0. The number of likely N-dealkylation sites (N-methyl/N-ethyl adjacent to an activating group) is 1. The molecule has 1 unspecified atom stereocenters. The van der Waals surface area contributed by atoms with E-state index in [9.17, 15) is 13.5 Å². The molecule has 0 saturated carbocycles. The van der Waals surface area contributed by atoms with Gasteiger partial charge in [0, 0.05) is 13.1 Å². The number of nitrogens with one attached hydrogen (secondary N) is 1. The van der Waals surface area contributed by atoms with Crippen LogP contribution < -0.4 is 4.72 Å². The number of hydrogen-bond donors (Lipinski definition) is 2. The van der Waals surface area contributed by atoms with Gasteiger partial charge < -0.3 is 10.0 Å². The number of benzene rings is 1. The Bertz CT molecular complexity index is 524. The van der Waals surface area contributed by atoms with E-state index in [2.05, 4.69) is 4.72 Å². The third-order valence-corrected chi connectivity index (χ3v) is 4.24. The fraction of sp³-hybridized carbons (Fsp3) is 0.538. The van der Waals surface area contributed by atoms with Crippen molar-refractivity contribution in [1.82, 2.24) is 9.62 Å². The third-order valence-electron chi connectivity index (χ3n) is 2.68. The molecule has 108 valence electrons.